The van der Waals surface area contributed by atoms with Gasteiger partial charge in [-0.1, -0.05) is 5.16 Å². The highest BCUT2D eigenvalue weighted by Gasteiger charge is 2.28. The molecule has 100 valence electrons. The van der Waals surface area contributed by atoms with Gasteiger partial charge in [-0.2, -0.15) is 0 Å². The van der Waals surface area contributed by atoms with Crippen molar-refractivity contribution in [2.75, 3.05) is 13.1 Å². The zero-order valence-corrected chi connectivity index (χ0v) is 11.5. The highest BCUT2D eigenvalue weighted by atomic mass is 32.1. The van der Waals surface area contributed by atoms with Crippen LogP contribution in [0.5, 0.6) is 0 Å². The summed E-state index contributed by atoms with van der Waals surface area (Å²) in [6, 6.07) is 1.61. The third-order valence-electron chi connectivity index (χ3n) is 3.35. The summed E-state index contributed by atoms with van der Waals surface area (Å²) < 4.78 is 4.94. The van der Waals surface area contributed by atoms with Crippen LogP contribution < -0.4 is 0 Å². The van der Waals surface area contributed by atoms with Crippen LogP contribution in [-0.4, -0.2) is 34.0 Å². The molecule has 1 amide bonds. The molecule has 1 fully saturated rings. The van der Waals surface area contributed by atoms with Crippen LogP contribution in [-0.2, 0) is 0 Å². The molecule has 1 aliphatic rings. The fourth-order valence-electron chi connectivity index (χ4n) is 2.41. The van der Waals surface area contributed by atoms with Crippen molar-refractivity contribution in [1.82, 2.24) is 15.0 Å². The quantitative estimate of drug-likeness (QED) is 0.846. The molecule has 0 N–H and O–H groups in total. The summed E-state index contributed by atoms with van der Waals surface area (Å²) in [6.45, 7) is 3.55. The minimum absolute atomic E-state index is 0.0736. The normalized spacial score (nSPS) is 19.6. The average molecular weight is 277 g/mol. The first kappa shape index (κ1) is 12.3. The fraction of sp³-hybridized carbons (Fsp3) is 0.462. The lowest BCUT2D eigenvalue weighted by Crippen LogP contribution is -2.38. The minimum Gasteiger partial charge on any atom is -0.351 e. The van der Waals surface area contributed by atoms with Crippen molar-refractivity contribution in [3.8, 4) is 0 Å². The van der Waals surface area contributed by atoms with Gasteiger partial charge in [-0.3, -0.25) is 4.79 Å². The molecule has 2 aromatic rings. The molecule has 2 aromatic heterocycles. The van der Waals surface area contributed by atoms with Gasteiger partial charge >= 0.3 is 0 Å². The molecule has 1 atom stereocenters. The Morgan fingerprint density at radius 3 is 3.16 bits per heavy atom. The zero-order chi connectivity index (χ0) is 13.2. The maximum Gasteiger partial charge on any atom is 0.292 e. The molecule has 0 bridgehead atoms. The van der Waals surface area contributed by atoms with E-state index in [4.69, 9.17) is 4.52 Å². The summed E-state index contributed by atoms with van der Waals surface area (Å²) in [5, 5.41) is 4.72. The Balaban J connectivity index is 1.73. The number of carbonyl (C=O) groups is 1. The maximum atomic E-state index is 12.2. The Labute approximate surface area is 115 Å². The number of amides is 1. The predicted octanol–water partition coefficient (Wildman–Crippen LogP) is 2.46. The van der Waals surface area contributed by atoms with Crippen LogP contribution in [0.3, 0.4) is 0 Å². The second-order valence-electron chi connectivity index (χ2n) is 4.78. The van der Waals surface area contributed by atoms with Gasteiger partial charge in [-0.05, 0) is 19.8 Å². The minimum atomic E-state index is -0.0736. The Kier molecular flexibility index (Phi) is 3.33. The summed E-state index contributed by atoms with van der Waals surface area (Å²) in [7, 11) is 0. The lowest BCUT2D eigenvalue weighted by molar-refractivity contribution is 0.0665. The molecule has 0 spiro atoms. The third-order valence-corrected chi connectivity index (χ3v) is 4.42. The Hall–Kier alpha value is -1.69. The number of nitrogens with zero attached hydrogens (tertiary/aromatic N) is 3. The Morgan fingerprint density at radius 2 is 2.47 bits per heavy atom. The second kappa shape index (κ2) is 5.13. The summed E-state index contributed by atoms with van der Waals surface area (Å²) in [5.41, 5.74) is 0. The van der Waals surface area contributed by atoms with Gasteiger partial charge in [0, 0.05) is 36.1 Å². The Morgan fingerprint density at radius 1 is 1.58 bits per heavy atom. The van der Waals surface area contributed by atoms with Crippen molar-refractivity contribution in [3.05, 3.63) is 34.1 Å². The molecule has 3 heterocycles. The molecular weight excluding hydrogens is 262 g/mol. The van der Waals surface area contributed by atoms with Crippen molar-refractivity contribution in [1.29, 1.82) is 0 Å². The van der Waals surface area contributed by atoms with E-state index in [1.54, 1.807) is 17.4 Å². The van der Waals surface area contributed by atoms with Gasteiger partial charge in [-0.15, -0.1) is 11.3 Å². The largest absolute Gasteiger partial charge is 0.351 e. The molecular formula is C13H15N3O2S. The molecule has 0 unspecified atom stereocenters. The number of carbonyl (C=O) groups excluding carboxylic acids is 1. The van der Waals surface area contributed by atoms with Gasteiger partial charge in [0.2, 0.25) is 5.76 Å². The van der Waals surface area contributed by atoms with Gasteiger partial charge in [0.05, 0.1) is 11.2 Å². The van der Waals surface area contributed by atoms with E-state index in [-0.39, 0.29) is 5.91 Å². The molecule has 0 aromatic carbocycles. The van der Waals surface area contributed by atoms with E-state index >= 15 is 0 Å². The van der Waals surface area contributed by atoms with Gasteiger partial charge in [0.25, 0.3) is 5.91 Å². The standard InChI is InChI=1S/C13H15N3O2S/c1-9-7-14-12(19-9)10-3-2-6-16(8-10)13(17)11-4-5-15-18-11/h4-5,7,10H,2-3,6,8H2,1H3/t10-/m0/s1. The number of aryl methyl sites for hydroxylation is 1. The van der Waals surface area contributed by atoms with Crippen molar-refractivity contribution >= 4 is 17.2 Å². The molecule has 19 heavy (non-hydrogen) atoms. The van der Waals surface area contributed by atoms with Crippen LogP contribution in [0.1, 0.15) is 39.2 Å². The van der Waals surface area contributed by atoms with E-state index in [0.29, 0.717) is 18.2 Å². The number of piperidine rings is 1. The van der Waals surface area contributed by atoms with E-state index in [0.717, 1.165) is 24.4 Å². The molecule has 3 rings (SSSR count). The fourth-order valence-corrected chi connectivity index (χ4v) is 3.31. The highest BCUT2D eigenvalue weighted by molar-refractivity contribution is 7.11. The van der Waals surface area contributed by atoms with Gasteiger partial charge in [0.1, 0.15) is 0 Å². The third kappa shape index (κ3) is 2.53. The van der Waals surface area contributed by atoms with Crippen LogP contribution in [0.2, 0.25) is 0 Å². The summed E-state index contributed by atoms with van der Waals surface area (Å²) in [5.74, 6) is 0.589. The van der Waals surface area contributed by atoms with E-state index in [2.05, 4.69) is 17.1 Å². The van der Waals surface area contributed by atoms with E-state index < -0.39 is 0 Å². The number of rotatable bonds is 2. The molecule has 0 aliphatic carbocycles. The number of hydrogen-bond donors (Lipinski definition) is 0. The molecule has 0 saturated carbocycles. The number of likely N-dealkylation sites (tertiary alicyclic amines) is 1. The first-order valence-corrected chi connectivity index (χ1v) is 7.18. The molecule has 6 heteroatoms. The van der Waals surface area contributed by atoms with Gasteiger partial charge < -0.3 is 9.42 Å². The van der Waals surface area contributed by atoms with E-state index in [1.807, 2.05) is 11.1 Å². The number of thiazole rings is 1. The van der Waals surface area contributed by atoms with Gasteiger partial charge in [0.15, 0.2) is 0 Å². The maximum absolute atomic E-state index is 12.2. The van der Waals surface area contributed by atoms with Crippen molar-refractivity contribution in [2.45, 2.75) is 25.7 Å². The van der Waals surface area contributed by atoms with Gasteiger partial charge in [-0.25, -0.2) is 4.98 Å². The van der Waals surface area contributed by atoms with Crippen molar-refractivity contribution < 1.29 is 9.32 Å². The summed E-state index contributed by atoms with van der Waals surface area (Å²) in [4.78, 5) is 19.7. The smallest absolute Gasteiger partial charge is 0.292 e. The molecule has 5 nitrogen and oxygen atoms in total. The first-order valence-electron chi connectivity index (χ1n) is 6.36. The van der Waals surface area contributed by atoms with Crippen LogP contribution in [0, 0.1) is 6.92 Å². The van der Waals surface area contributed by atoms with Crippen molar-refractivity contribution in [2.24, 2.45) is 0 Å². The van der Waals surface area contributed by atoms with Crippen LogP contribution >= 0.6 is 11.3 Å². The van der Waals surface area contributed by atoms with E-state index in [1.165, 1.54) is 11.1 Å². The number of hydrogen-bond acceptors (Lipinski definition) is 5. The topological polar surface area (TPSA) is 59.2 Å². The highest BCUT2D eigenvalue weighted by Crippen LogP contribution is 2.30. The van der Waals surface area contributed by atoms with Crippen molar-refractivity contribution in [3.63, 3.8) is 0 Å². The lowest BCUT2D eigenvalue weighted by atomic mass is 9.98. The SMILES string of the molecule is Cc1cnc([C@H]2CCCN(C(=O)c3ccno3)C2)s1. The summed E-state index contributed by atoms with van der Waals surface area (Å²) >= 11 is 1.72. The predicted molar refractivity (Wildman–Crippen MR) is 71.2 cm³/mol. The van der Waals surface area contributed by atoms with Crippen LogP contribution in [0.4, 0.5) is 0 Å². The van der Waals surface area contributed by atoms with Crippen LogP contribution in [0.15, 0.2) is 23.0 Å². The van der Waals surface area contributed by atoms with Crippen LogP contribution in [0.25, 0.3) is 0 Å². The lowest BCUT2D eigenvalue weighted by Gasteiger charge is -2.31. The first-order chi connectivity index (χ1) is 9.24. The molecule has 0 radical (unpaired) electrons. The average Bonchev–Trinajstić information content (AvgIpc) is 3.09. The zero-order valence-electron chi connectivity index (χ0n) is 10.7. The number of aromatic nitrogens is 2. The molecule has 1 saturated heterocycles. The monoisotopic (exact) mass is 277 g/mol. The molecule has 1 aliphatic heterocycles. The van der Waals surface area contributed by atoms with E-state index in [9.17, 15) is 4.79 Å². The summed E-state index contributed by atoms with van der Waals surface area (Å²) in [6.07, 6.45) is 5.49. The second-order valence-corrected chi connectivity index (χ2v) is 6.04. The Bertz CT molecular complexity index is 564.